The van der Waals surface area contributed by atoms with Crippen molar-refractivity contribution in [1.82, 2.24) is 0 Å². The van der Waals surface area contributed by atoms with Crippen molar-refractivity contribution < 1.29 is 10.2 Å². The van der Waals surface area contributed by atoms with Crippen LogP contribution in [0.5, 0.6) is 0 Å². The molecule has 0 radical (unpaired) electrons. The van der Waals surface area contributed by atoms with Crippen molar-refractivity contribution in [3.8, 4) is 0 Å². The van der Waals surface area contributed by atoms with Crippen LogP contribution in [0.25, 0.3) is 0 Å². The molecule has 0 aromatic carbocycles. The van der Waals surface area contributed by atoms with Crippen LogP contribution >= 0.6 is 15.9 Å². The third kappa shape index (κ3) is 2.09. The van der Waals surface area contributed by atoms with E-state index in [-0.39, 0.29) is 21.1 Å². The van der Waals surface area contributed by atoms with E-state index in [2.05, 4.69) is 61.9 Å². The number of aliphatic hydroxyl groups is 2. The molecule has 0 aromatic heterocycles. The van der Waals surface area contributed by atoms with Gasteiger partial charge in [-0.2, -0.15) is 0 Å². The first-order valence-electron chi connectivity index (χ1n) is 10.1. The highest BCUT2D eigenvalue weighted by atomic mass is 79.9. The Balaban J connectivity index is 1.84. The van der Waals surface area contributed by atoms with Gasteiger partial charge in [0.25, 0.3) is 0 Å². The van der Waals surface area contributed by atoms with Crippen LogP contribution in [0.4, 0.5) is 0 Å². The second-order valence-corrected chi connectivity index (χ2v) is 11.1. The summed E-state index contributed by atoms with van der Waals surface area (Å²) in [5.41, 5.74) is 1.10. The predicted octanol–water partition coefficient (Wildman–Crippen LogP) is 4.85. The lowest BCUT2D eigenvalue weighted by molar-refractivity contribution is -0.120. The van der Waals surface area contributed by atoms with E-state index in [1.165, 1.54) is 19.3 Å². The Morgan fingerprint density at radius 1 is 1.24 bits per heavy atom. The Morgan fingerprint density at radius 2 is 1.96 bits per heavy atom. The van der Waals surface area contributed by atoms with Crippen molar-refractivity contribution in [2.24, 2.45) is 34.5 Å². The van der Waals surface area contributed by atoms with Crippen LogP contribution < -0.4 is 0 Å². The Bertz CT molecular complexity index is 628. The van der Waals surface area contributed by atoms with Crippen LogP contribution in [0.3, 0.4) is 0 Å². The third-order valence-electron chi connectivity index (χ3n) is 8.83. The molecule has 0 spiro atoms. The first-order chi connectivity index (χ1) is 11.7. The molecule has 0 unspecified atom stereocenters. The lowest BCUT2D eigenvalue weighted by Gasteiger charge is -2.64. The summed E-state index contributed by atoms with van der Waals surface area (Å²) in [5.74, 6) is 2.00. The molecule has 9 atom stereocenters. The summed E-state index contributed by atoms with van der Waals surface area (Å²) in [6.07, 6.45) is 10.8. The minimum atomic E-state index is -0.732. The Kier molecular flexibility index (Phi) is 4.15. The average molecular weight is 409 g/mol. The van der Waals surface area contributed by atoms with E-state index in [4.69, 9.17) is 0 Å². The normalized spacial score (nSPS) is 57.5. The largest absolute Gasteiger partial charge is 0.390 e. The summed E-state index contributed by atoms with van der Waals surface area (Å²) in [7, 11) is 0. The maximum atomic E-state index is 11.3. The second-order valence-electron chi connectivity index (χ2n) is 9.66. The maximum absolute atomic E-state index is 11.3. The quantitative estimate of drug-likeness (QED) is 0.480. The van der Waals surface area contributed by atoms with E-state index in [0.29, 0.717) is 11.8 Å². The smallest absolute Gasteiger partial charge is 0.102 e. The highest BCUT2D eigenvalue weighted by Crippen LogP contribution is 2.71. The van der Waals surface area contributed by atoms with E-state index in [1.54, 1.807) is 0 Å². The molecule has 0 bridgehead atoms. The molecule has 0 aliphatic heterocycles. The average Bonchev–Trinajstić information content (AvgIpc) is 2.83. The molecular formula is C22H33BrO2. The Labute approximate surface area is 160 Å². The molecule has 2 N–H and O–H groups in total. The fourth-order valence-corrected chi connectivity index (χ4v) is 8.75. The SMILES string of the molecule is CC[C@@H]1[C@H](C)C[C@H]2[C@@H]3[C@@H](O)[C@@H](O)C4=CCC=C[C@]4(C)[C@@]3(Br)CC[C@]12C. The summed E-state index contributed by atoms with van der Waals surface area (Å²) in [6.45, 7) is 9.45. The number of rotatable bonds is 1. The van der Waals surface area contributed by atoms with Crippen LogP contribution in [0.2, 0.25) is 0 Å². The molecule has 3 heteroatoms. The summed E-state index contributed by atoms with van der Waals surface area (Å²) in [6, 6.07) is 0. The summed E-state index contributed by atoms with van der Waals surface area (Å²) in [4.78, 5) is 0. The van der Waals surface area contributed by atoms with Crippen LogP contribution in [0, 0.1) is 34.5 Å². The van der Waals surface area contributed by atoms with E-state index in [0.717, 1.165) is 24.3 Å². The maximum Gasteiger partial charge on any atom is 0.102 e. The van der Waals surface area contributed by atoms with E-state index < -0.39 is 12.2 Å². The van der Waals surface area contributed by atoms with Crippen LogP contribution in [-0.2, 0) is 0 Å². The molecule has 0 saturated heterocycles. The molecule has 25 heavy (non-hydrogen) atoms. The van der Waals surface area contributed by atoms with Gasteiger partial charge in [0.05, 0.1) is 6.10 Å². The molecule has 0 aromatic rings. The monoisotopic (exact) mass is 408 g/mol. The van der Waals surface area contributed by atoms with Gasteiger partial charge in [0, 0.05) is 15.7 Å². The van der Waals surface area contributed by atoms with Gasteiger partial charge in [-0.05, 0) is 54.4 Å². The number of allylic oxidation sites excluding steroid dienone is 3. The number of hydrogen-bond acceptors (Lipinski definition) is 2. The molecule has 3 fully saturated rings. The number of halogens is 1. The zero-order chi connectivity index (χ0) is 18.2. The number of fused-ring (bicyclic) bond motifs is 5. The van der Waals surface area contributed by atoms with Crippen molar-refractivity contribution in [3.63, 3.8) is 0 Å². The zero-order valence-corrected chi connectivity index (χ0v) is 17.6. The van der Waals surface area contributed by atoms with Gasteiger partial charge in [0.2, 0.25) is 0 Å². The first-order valence-corrected chi connectivity index (χ1v) is 10.9. The highest BCUT2D eigenvalue weighted by Gasteiger charge is 2.69. The van der Waals surface area contributed by atoms with Gasteiger partial charge >= 0.3 is 0 Å². The number of alkyl halides is 1. The molecule has 2 nitrogen and oxygen atoms in total. The molecular weight excluding hydrogens is 376 g/mol. The van der Waals surface area contributed by atoms with Gasteiger partial charge in [-0.15, -0.1) is 0 Å². The summed E-state index contributed by atoms with van der Waals surface area (Å²) < 4.78 is -0.159. The molecule has 3 saturated carbocycles. The third-order valence-corrected chi connectivity index (χ3v) is 10.6. The molecule has 0 amide bonds. The minimum Gasteiger partial charge on any atom is -0.390 e. The van der Waals surface area contributed by atoms with Crippen LogP contribution in [0.1, 0.15) is 59.8 Å². The molecule has 140 valence electrons. The zero-order valence-electron chi connectivity index (χ0n) is 16.0. The van der Waals surface area contributed by atoms with E-state index in [9.17, 15) is 10.2 Å². The first kappa shape index (κ1) is 18.3. The topological polar surface area (TPSA) is 40.5 Å². The summed E-state index contributed by atoms with van der Waals surface area (Å²) >= 11 is 4.20. The van der Waals surface area contributed by atoms with Crippen molar-refractivity contribution >= 4 is 15.9 Å². The minimum absolute atomic E-state index is 0.102. The van der Waals surface area contributed by atoms with Crippen LogP contribution in [0.15, 0.2) is 23.8 Å². The van der Waals surface area contributed by atoms with E-state index >= 15 is 0 Å². The van der Waals surface area contributed by atoms with E-state index in [1.807, 2.05) is 0 Å². The van der Waals surface area contributed by atoms with Crippen molar-refractivity contribution in [2.45, 2.75) is 76.3 Å². The van der Waals surface area contributed by atoms with Gasteiger partial charge < -0.3 is 10.2 Å². The van der Waals surface area contributed by atoms with Crippen molar-refractivity contribution in [2.75, 3.05) is 0 Å². The van der Waals surface area contributed by atoms with Gasteiger partial charge in [0.1, 0.15) is 6.10 Å². The molecule has 4 aliphatic carbocycles. The highest BCUT2D eigenvalue weighted by molar-refractivity contribution is 9.10. The standard InChI is InChI=1S/C22H33BrO2/c1-5-14-13(2)12-16-17-19(25)18(24)15-8-6-7-9-21(15,4)22(17,23)11-10-20(14,16)3/h7-9,13-14,16-19,24-25H,5-6,10-12H2,1-4H3/t13-,14-,16+,17-,18+,19-,20-,21+,22-/m1/s1. The molecule has 4 rings (SSSR count). The summed E-state index contributed by atoms with van der Waals surface area (Å²) in [5, 5.41) is 22.3. The van der Waals surface area contributed by atoms with Gasteiger partial charge in [-0.25, -0.2) is 0 Å². The van der Waals surface area contributed by atoms with Gasteiger partial charge in [-0.1, -0.05) is 68.3 Å². The second kappa shape index (κ2) is 5.69. The Hall–Kier alpha value is -0.120. The van der Waals surface area contributed by atoms with Gasteiger partial charge in [-0.3, -0.25) is 0 Å². The lowest BCUT2D eigenvalue weighted by atomic mass is 9.46. The fourth-order valence-electron chi connectivity index (χ4n) is 7.60. The fraction of sp³-hybridized carbons (Fsp3) is 0.818. The number of hydrogen-bond donors (Lipinski definition) is 2. The van der Waals surface area contributed by atoms with Crippen molar-refractivity contribution in [1.29, 1.82) is 0 Å². The molecule has 0 heterocycles. The van der Waals surface area contributed by atoms with Crippen molar-refractivity contribution in [3.05, 3.63) is 23.8 Å². The number of aliphatic hydroxyl groups excluding tert-OH is 2. The van der Waals surface area contributed by atoms with Gasteiger partial charge in [0.15, 0.2) is 0 Å². The van der Waals surface area contributed by atoms with Crippen LogP contribution in [-0.4, -0.2) is 26.7 Å². The lowest BCUT2D eigenvalue weighted by Crippen LogP contribution is -2.66. The predicted molar refractivity (Wildman–Crippen MR) is 106 cm³/mol. The Morgan fingerprint density at radius 3 is 2.64 bits per heavy atom. The molecule has 4 aliphatic rings.